The van der Waals surface area contributed by atoms with Crippen LogP contribution in [0.4, 0.5) is 11.4 Å². The molecule has 2 amide bonds. The number of amides is 2. The molecule has 3 N–H and O–H groups in total. The van der Waals surface area contributed by atoms with Gasteiger partial charge in [-0.1, -0.05) is 18.2 Å². The van der Waals surface area contributed by atoms with E-state index in [2.05, 4.69) is 5.32 Å². The number of nitrogens with one attached hydrogen (secondary N) is 1. The van der Waals surface area contributed by atoms with Crippen molar-refractivity contribution >= 4 is 45.0 Å². The topological polar surface area (TPSA) is 110 Å². The maximum Gasteiger partial charge on any atom is 0.250 e. The van der Waals surface area contributed by atoms with Crippen molar-refractivity contribution in [2.45, 2.75) is 4.90 Å². The molecule has 0 radical (unpaired) electrons. The van der Waals surface area contributed by atoms with Gasteiger partial charge in [0.1, 0.15) is 6.54 Å². The summed E-state index contributed by atoms with van der Waals surface area (Å²) in [5, 5.41) is 2.54. The second kappa shape index (κ2) is 8.24. The fraction of sp³-hybridized carbons (Fsp3) is 0.176. The lowest BCUT2D eigenvalue weighted by Crippen LogP contribution is -2.37. The molecule has 0 aliphatic carbocycles. The SMILES string of the molecule is CSc1cccc(N(CC(=O)Nc2ccccc2C(N)=O)S(C)(=O)=O)c1. The van der Waals surface area contributed by atoms with Crippen LogP contribution >= 0.6 is 11.8 Å². The summed E-state index contributed by atoms with van der Waals surface area (Å²) >= 11 is 1.46. The summed E-state index contributed by atoms with van der Waals surface area (Å²) in [6.45, 7) is -0.427. The Morgan fingerprint density at radius 2 is 1.85 bits per heavy atom. The normalized spacial score (nSPS) is 11.0. The van der Waals surface area contributed by atoms with Crippen molar-refractivity contribution in [1.29, 1.82) is 0 Å². The first-order valence-corrected chi connectivity index (χ1v) is 10.6. The highest BCUT2D eigenvalue weighted by atomic mass is 32.2. The number of hydrogen-bond acceptors (Lipinski definition) is 5. The van der Waals surface area contributed by atoms with Gasteiger partial charge in [0.25, 0.3) is 5.91 Å². The molecule has 26 heavy (non-hydrogen) atoms. The number of nitrogens with two attached hydrogens (primary N) is 1. The largest absolute Gasteiger partial charge is 0.366 e. The average molecular weight is 393 g/mol. The van der Waals surface area contributed by atoms with E-state index in [-0.39, 0.29) is 11.3 Å². The van der Waals surface area contributed by atoms with Gasteiger partial charge in [-0.15, -0.1) is 11.8 Å². The molecular formula is C17H19N3O4S2. The Labute approximate surface area is 156 Å². The summed E-state index contributed by atoms with van der Waals surface area (Å²) in [6.07, 6.45) is 2.90. The molecule has 0 heterocycles. The van der Waals surface area contributed by atoms with Crippen LogP contribution in [0.25, 0.3) is 0 Å². The molecule has 0 aliphatic rings. The van der Waals surface area contributed by atoms with Gasteiger partial charge in [-0.3, -0.25) is 13.9 Å². The Morgan fingerprint density at radius 1 is 1.15 bits per heavy atom. The molecule has 0 saturated heterocycles. The van der Waals surface area contributed by atoms with Crippen LogP contribution in [0.3, 0.4) is 0 Å². The van der Waals surface area contributed by atoms with Crippen molar-refractivity contribution in [3.63, 3.8) is 0 Å². The molecular weight excluding hydrogens is 374 g/mol. The van der Waals surface area contributed by atoms with Crippen LogP contribution < -0.4 is 15.4 Å². The summed E-state index contributed by atoms with van der Waals surface area (Å²) in [4.78, 5) is 24.7. The van der Waals surface area contributed by atoms with E-state index >= 15 is 0 Å². The molecule has 0 aromatic heterocycles. The summed E-state index contributed by atoms with van der Waals surface area (Å²) < 4.78 is 25.3. The molecule has 0 bridgehead atoms. The predicted octanol–water partition coefficient (Wildman–Crippen LogP) is 1.91. The highest BCUT2D eigenvalue weighted by Gasteiger charge is 2.22. The number of rotatable bonds is 7. The second-order valence-corrected chi connectivity index (χ2v) is 8.22. The van der Waals surface area contributed by atoms with Gasteiger partial charge in [0.15, 0.2) is 0 Å². The summed E-state index contributed by atoms with van der Waals surface area (Å²) in [5.74, 6) is -1.27. The molecule has 0 spiro atoms. The van der Waals surface area contributed by atoms with Crippen LogP contribution in [0.1, 0.15) is 10.4 Å². The number of hydrogen-bond donors (Lipinski definition) is 2. The molecule has 7 nitrogen and oxygen atoms in total. The number of primary amides is 1. The quantitative estimate of drug-likeness (QED) is 0.699. The van der Waals surface area contributed by atoms with Gasteiger partial charge in [0, 0.05) is 4.90 Å². The maximum absolute atomic E-state index is 12.4. The van der Waals surface area contributed by atoms with Crippen LogP contribution in [0.5, 0.6) is 0 Å². The summed E-state index contributed by atoms with van der Waals surface area (Å²) in [7, 11) is -3.69. The first kappa shape index (κ1) is 19.8. The Kier molecular flexibility index (Phi) is 6.27. The van der Waals surface area contributed by atoms with E-state index in [1.54, 1.807) is 30.3 Å². The van der Waals surface area contributed by atoms with Gasteiger partial charge in [-0.2, -0.15) is 0 Å². The smallest absolute Gasteiger partial charge is 0.250 e. The van der Waals surface area contributed by atoms with Crippen molar-refractivity contribution in [2.24, 2.45) is 5.73 Å². The maximum atomic E-state index is 12.4. The number of benzene rings is 2. The molecule has 0 saturated carbocycles. The molecule has 2 aromatic carbocycles. The van der Waals surface area contributed by atoms with E-state index in [0.29, 0.717) is 5.69 Å². The van der Waals surface area contributed by atoms with Gasteiger partial charge >= 0.3 is 0 Å². The molecule has 2 aromatic rings. The predicted molar refractivity (Wildman–Crippen MR) is 104 cm³/mol. The number of carbonyl (C=O) groups is 2. The molecule has 0 aliphatic heterocycles. The molecule has 0 fully saturated rings. The number of anilines is 2. The molecule has 138 valence electrons. The van der Waals surface area contributed by atoms with Crippen LogP contribution in [-0.4, -0.2) is 39.3 Å². The minimum atomic E-state index is -3.69. The average Bonchev–Trinajstić information content (AvgIpc) is 2.59. The van der Waals surface area contributed by atoms with Crippen LogP contribution in [0.15, 0.2) is 53.4 Å². The minimum Gasteiger partial charge on any atom is -0.366 e. The van der Waals surface area contributed by atoms with Gasteiger partial charge in [-0.25, -0.2) is 8.42 Å². The fourth-order valence-electron chi connectivity index (χ4n) is 2.29. The number of sulfonamides is 1. The number of carbonyl (C=O) groups excluding carboxylic acids is 2. The van der Waals surface area contributed by atoms with Crippen molar-refractivity contribution in [2.75, 3.05) is 28.7 Å². The van der Waals surface area contributed by atoms with Crippen LogP contribution in [-0.2, 0) is 14.8 Å². The van der Waals surface area contributed by atoms with Crippen molar-refractivity contribution in [3.05, 3.63) is 54.1 Å². The number of nitrogens with zero attached hydrogens (tertiary/aromatic N) is 1. The third-order valence-electron chi connectivity index (χ3n) is 3.50. The number of para-hydroxylation sites is 1. The van der Waals surface area contributed by atoms with Crippen molar-refractivity contribution < 1.29 is 18.0 Å². The zero-order valence-electron chi connectivity index (χ0n) is 14.3. The van der Waals surface area contributed by atoms with E-state index < -0.39 is 28.4 Å². The lowest BCUT2D eigenvalue weighted by molar-refractivity contribution is -0.114. The second-order valence-electron chi connectivity index (χ2n) is 5.43. The van der Waals surface area contributed by atoms with Gasteiger partial charge in [0.05, 0.1) is 23.2 Å². The first-order valence-electron chi connectivity index (χ1n) is 7.53. The fourth-order valence-corrected chi connectivity index (χ4v) is 3.59. The van der Waals surface area contributed by atoms with E-state index in [9.17, 15) is 18.0 Å². The molecule has 0 atom stereocenters. The lowest BCUT2D eigenvalue weighted by atomic mass is 10.1. The van der Waals surface area contributed by atoms with Crippen LogP contribution in [0, 0.1) is 0 Å². The minimum absolute atomic E-state index is 0.149. The van der Waals surface area contributed by atoms with Gasteiger partial charge in [0.2, 0.25) is 15.9 Å². The van der Waals surface area contributed by atoms with Crippen molar-refractivity contribution in [1.82, 2.24) is 0 Å². The summed E-state index contributed by atoms with van der Waals surface area (Å²) in [6, 6.07) is 13.1. The Bertz CT molecular complexity index is 929. The standard InChI is InChI=1S/C17H19N3O4S2/c1-25-13-7-5-6-12(10-13)20(26(2,23)24)11-16(21)19-15-9-4-3-8-14(15)17(18)22/h3-10H,11H2,1-2H3,(H2,18,22)(H,19,21). The Morgan fingerprint density at radius 3 is 2.46 bits per heavy atom. The lowest BCUT2D eigenvalue weighted by Gasteiger charge is -2.22. The zero-order chi connectivity index (χ0) is 19.3. The third-order valence-corrected chi connectivity index (χ3v) is 5.36. The zero-order valence-corrected chi connectivity index (χ0v) is 15.9. The highest BCUT2D eigenvalue weighted by Crippen LogP contribution is 2.24. The van der Waals surface area contributed by atoms with Gasteiger partial charge < -0.3 is 11.1 Å². The first-order chi connectivity index (χ1) is 12.2. The molecule has 0 unspecified atom stereocenters. The van der Waals surface area contributed by atoms with E-state index in [0.717, 1.165) is 15.5 Å². The van der Waals surface area contributed by atoms with Crippen LogP contribution in [0.2, 0.25) is 0 Å². The van der Waals surface area contributed by atoms with E-state index in [4.69, 9.17) is 5.73 Å². The third kappa shape index (κ3) is 4.99. The van der Waals surface area contributed by atoms with Gasteiger partial charge in [-0.05, 0) is 36.6 Å². The Balaban J connectivity index is 2.27. The molecule has 9 heteroatoms. The van der Waals surface area contributed by atoms with E-state index in [1.165, 1.54) is 23.9 Å². The molecule has 2 rings (SSSR count). The number of thioether (sulfide) groups is 1. The monoisotopic (exact) mass is 393 g/mol. The summed E-state index contributed by atoms with van der Waals surface area (Å²) in [5.41, 5.74) is 6.05. The van der Waals surface area contributed by atoms with E-state index in [1.807, 2.05) is 12.3 Å². The Hall–Kier alpha value is -2.52. The van der Waals surface area contributed by atoms with Crippen molar-refractivity contribution in [3.8, 4) is 0 Å². The highest BCUT2D eigenvalue weighted by molar-refractivity contribution is 7.98.